The van der Waals surface area contributed by atoms with Crippen molar-refractivity contribution >= 4 is 23.6 Å². The van der Waals surface area contributed by atoms with Gasteiger partial charge in [0.25, 0.3) is 5.69 Å². The van der Waals surface area contributed by atoms with Crippen LogP contribution in [0.1, 0.15) is 11.3 Å². The molecule has 1 aliphatic rings. The fourth-order valence-corrected chi connectivity index (χ4v) is 2.65. The standard InChI is InChI=1S/C20H11FN2O5/c21-16-7-2-1-6-15(16)19-22-17(20(24)28-19)11-14-8-9-18(27-14)12-4-3-5-13(10-12)23(25)26/h1-11H. The van der Waals surface area contributed by atoms with Gasteiger partial charge in [0.05, 0.1) is 10.5 Å². The number of cyclic esters (lactones) is 1. The van der Waals surface area contributed by atoms with E-state index in [0.29, 0.717) is 17.1 Å². The zero-order valence-electron chi connectivity index (χ0n) is 14.2. The van der Waals surface area contributed by atoms with E-state index in [4.69, 9.17) is 9.15 Å². The number of non-ortho nitro benzene ring substituents is 1. The van der Waals surface area contributed by atoms with E-state index in [1.54, 1.807) is 30.3 Å². The summed E-state index contributed by atoms with van der Waals surface area (Å²) in [7, 11) is 0. The van der Waals surface area contributed by atoms with E-state index in [2.05, 4.69) is 4.99 Å². The Labute approximate surface area is 157 Å². The van der Waals surface area contributed by atoms with Crippen LogP contribution in [0.25, 0.3) is 17.4 Å². The molecule has 0 aliphatic carbocycles. The molecule has 0 radical (unpaired) electrons. The number of benzene rings is 2. The number of nitro groups is 1. The minimum atomic E-state index is -0.730. The lowest BCUT2D eigenvalue weighted by molar-refractivity contribution is -0.384. The molecule has 0 atom stereocenters. The highest BCUT2D eigenvalue weighted by molar-refractivity contribution is 6.12. The number of esters is 1. The molecule has 1 aliphatic heterocycles. The fourth-order valence-electron chi connectivity index (χ4n) is 2.65. The Morgan fingerprint density at radius 2 is 1.89 bits per heavy atom. The fraction of sp³-hybridized carbons (Fsp3) is 0. The minimum absolute atomic E-state index is 0.0433. The number of hydrogen-bond acceptors (Lipinski definition) is 6. The summed E-state index contributed by atoms with van der Waals surface area (Å²) in [6.45, 7) is 0. The number of carbonyl (C=O) groups is 1. The van der Waals surface area contributed by atoms with Crippen LogP contribution in [-0.2, 0) is 9.53 Å². The van der Waals surface area contributed by atoms with Crippen LogP contribution in [0.2, 0.25) is 0 Å². The zero-order valence-corrected chi connectivity index (χ0v) is 14.2. The van der Waals surface area contributed by atoms with Gasteiger partial charge in [-0.25, -0.2) is 14.2 Å². The van der Waals surface area contributed by atoms with Crippen molar-refractivity contribution in [2.24, 2.45) is 4.99 Å². The highest BCUT2D eigenvalue weighted by Crippen LogP contribution is 2.27. The number of nitrogens with zero attached hydrogens (tertiary/aromatic N) is 2. The molecule has 8 heteroatoms. The lowest BCUT2D eigenvalue weighted by atomic mass is 10.1. The second-order valence-corrected chi connectivity index (χ2v) is 5.83. The van der Waals surface area contributed by atoms with Gasteiger partial charge in [-0.1, -0.05) is 24.3 Å². The van der Waals surface area contributed by atoms with Crippen molar-refractivity contribution in [2.45, 2.75) is 0 Å². The highest BCUT2D eigenvalue weighted by Gasteiger charge is 2.26. The van der Waals surface area contributed by atoms with Gasteiger partial charge in [0.1, 0.15) is 17.3 Å². The molecule has 0 spiro atoms. The first-order chi connectivity index (χ1) is 13.5. The summed E-state index contributed by atoms with van der Waals surface area (Å²) in [5.74, 6) is -0.722. The SMILES string of the molecule is O=C1OC(c2ccccc2F)=NC1=Cc1ccc(-c2cccc([N+](=O)[O-])c2)o1. The molecule has 7 nitrogen and oxygen atoms in total. The molecule has 0 amide bonds. The largest absolute Gasteiger partial charge is 0.457 e. The van der Waals surface area contributed by atoms with Gasteiger partial charge in [-0.05, 0) is 24.3 Å². The molecule has 1 aromatic heterocycles. The summed E-state index contributed by atoms with van der Waals surface area (Å²) in [6.07, 6.45) is 1.36. The predicted octanol–water partition coefficient (Wildman–Crippen LogP) is 4.34. The molecule has 28 heavy (non-hydrogen) atoms. The third-order valence-electron chi connectivity index (χ3n) is 3.97. The van der Waals surface area contributed by atoms with Crippen LogP contribution in [0.15, 0.2) is 75.8 Å². The maximum atomic E-state index is 13.8. The molecule has 2 heterocycles. The van der Waals surface area contributed by atoms with Gasteiger partial charge >= 0.3 is 5.97 Å². The van der Waals surface area contributed by atoms with Crippen molar-refractivity contribution in [1.29, 1.82) is 0 Å². The van der Waals surface area contributed by atoms with Gasteiger partial charge in [-0.2, -0.15) is 0 Å². The number of rotatable bonds is 4. The molecule has 0 N–H and O–H groups in total. The number of furan rings is 1. The summed E-state index contributed by atoms with van der Waals surface area (Å²) in [5, 5.41) is 10.9. The average molecular weight is 378 g/mol. The van der Waals surface area contributed by atoms with Crippen LogP contribution < -0.4 is 0 Å². The highest BCUT2D eigenvalue weighted by atomic mass is 19.1. The number of nitro benzene ring substituents is 1. The predicted molar refractivity (Wildman–Crippen MR) is 97.8 cm³/mol. The van der Waals surface area contributed by atoms with Crippen LogP contribution in [0.4, 0.5) is 10.1 Å². The minimum Gasteiger partial charge on any atom is -0.457 e. The van der Waals surface area contributed by atoms with E-state index in [9.17, 15) is 19.3 Å². The Bertz CT molecular complexity index is 1160. The van der Waals surface area contributed by atoms with E-state index < -0.39 is 16.7 Å². The van der Waals surface area contributed by atoms with Crippen LogP contribution >= 0.6 is 0 Å². The van der Waals surface area contributed by atoms with Gasteiger partial charge in [-0.3, -0.25) is 10.1 Å². The Hall–Kier alpha value is -4.07. The number of aliphatic imine (C=N–C) groups is 1. The lowest BCUT2D eigenvalue weighted by Gasteiger charge is -1.99. The first-order valence-electron chi connectivity index (χ1n) is 8.13. The van der Waals surface area contributed by atoms with Crippen molar-refractivity contribution in [3.05, 3.63) is 93.6 Å². The van der Waals surface area contributed by atoms with Crippen molar-refractivity contribution < 1.29 is 23.3 Å². The molecular weight excluding hydrogens is 367 g/mol. The van der Waals surface area contributed by atoms with Gasteiger partial charge in [-0.15, -0.1) is 0 Å². The maximum Gasteiger partial charge on any atom is 0.363 e. The van der Waals surface area contributed by atoms with Gasteiger partial charge in [0.2, 0.25) is 5.90 Å². The van der Waals surface area contributed by atoms with Crippen molar-refractivity contribution in [2.75, 3.05) is 0 Å². The smallest absolute Gasteiger partial charge is 0.363 e. The molecule has 0 unspecified atom stereocenters. The first-order valence-corrected chi connectivity index (χ1v) is 8.13. The van der Waals surface area contributed by atoms with Crippen LogP contribution in [0.3, 0.4) is 0 Å². The zero-order chi connectivity index (χ0) is 19.7. The second kappa shape index (κ2) is 6.92. The Morgan fingerprint density at radius 3 is 2.68 bits per heavy atom. The van der Waals surface area contributed by atoms with Gasteiger partial charge < -0.3 is 9.15 Å². The molecule has 0 bridgehead atoms. The molecule has 4 rings (SSSR count). The number of carbonyl (C=O) groups excluding carboxylic acids is 1. The molecule has 0 saturated heterocycles. The third-order valence-corrected chi connectivity index (χ3v) is 3.97. The normalized spacial score (nSPS) is 14.8. The number of ether oxygens (including phenoxy) is 1. The van der Waals surface area contributed by atoms with Gasteiger partial charge in [0, 0.05) is 23.8 Å². The number of halogens is 1. The third kappa shape index (κ3) is 3.30. The number of hydrogen-bond donors (Lipinski definition) is 0. The Kier molecular flexibility index (Phi) is 4.29. The quantitative estimate of drug-likeness (QED) is 0.291. The average Bonchev–Trinajstić information content (AvgIpc) is 3.30. The lowest BCUT2D eigenvalue weighted by Crippen LogP contribution is -2.07. The van der Waals surface area contributed by atoms with Crippen LogP contribution in [0.5, 0.6) is 0 Å². The van der Waals surface area contributed by atoms with E-state index in [-0.39, 0.29) is 22.8 Å². The molecular formula is C20H11FN2O5. The first kappa shape index (κ1) is 17.3. The summed E-state index contributed by atoms with van der Waals surface area (Å²) < 4.78 is 24.5. The van der Waals surface area contributed by atoms with Gasteiger partial charge in [0.15, 0.2) is 5.70 Å². The van der Waals surface area contributed by atoms with Crippen molar-refractivity contribution in [3.63, 3.8) is 0 Å². The molecule has 0 saturated carbocycles. The molecule has 138 valence electrons. The molecule has 0 fully saturated rings. The molecule has 3 aromatic rings. The summed E-state index contributed by atoms with van der Waals surface area (Å²) >= 11 is 0. The summed E-state index contributed by atoms with van der Waals surface area (Å²) in [6, 6.07) is 15.0. The van der Waals surface area contributed by atoms with E-state index in [1.165, 1.54) is 36.4 Å². The Balaban J connectivity index is 1.64. The topological polar surface area (TPSA) is 94.9 Å². The van der Waals surface area contributed by atoms with Crippen molar-refractivity contribution in [3.8, 4) is 11.3 Å². The summed E-state index contributed by atoms with van der Waals surface area (Å²) in [5.41, 5.74) is 0.491. The van der Waals surface area contributed by atoms with Crippen molar-refractivity contribution in [1.82, 2.24) is 0 Å². The monoisotopic (exact) mass is 378 g/mol. The second-order valence-electron chi connectivity index (χ2n) is 5.83. The molecule has 2 aromatic carbocycles. The van der Waals surface area contributed by atoms with Crippen LogP contribution in [-0.4, -0.2) is 16.8 Å². The van der Waals surface area contributed by atoms with E-state index in [0.717, 1.165) is 0 Å². The van der Waals surface area contributed by atoms with Crippen LogP contribution in [0, 0.1) is 15.9 Å². The van der Waals surface area contributed by atoms with E-state index >= 15 is 0 Å². The Morgan fingerprint density at radius 1 is 1.07 bits per heavy atom. The maximum absolute atomic E-state index is 13.8. The summed E-state index contributed by atoms with van der Waals surface area (Å²) in [4.78, 5) is 26.5. The van der Waals surface area contributed by atoms with E-state index in [1.807, 2.05) is 0 Å².